The summed E-state index contributed by atoms with van der Waals surface area (Å²) in [5.74, 6) is 0.910. The SMILES string of the molecule is COc1cccc(CN2CCNCC2)c1Br. The summed E-state index contributed by atoms with van der Waals surface area (Å²) in [6, 6.07) is 6.17. The molecule has 1 aromatic rings. The standard InChI is InChI=1S/C12H17BrN2O/c1-16-11-4-2-3-10(12(11)13)9-15-7-5-14-6-8-15/h2-4,14H,5-9H2,1H3. The lowest BCUT2D eigenvalue weighted by atomic mass is 10.2. The monoisotopic (exact) mass is 284 g/mol. The first-order valence-electron chi connectivity index (χ1n) is 5.55. The Morgan fingerprint density at radius 1 is 1.38 bits per heavy atom. The van der Waals surface area contributed by atoms with E-state index in [0.717, 1.165) is 42.9 Å². The maximum absolute atomic E-state index is 5.30. The van der Waals surface area contributed by atoms with Crippen LogP contribution < -0.4 is 10.1 Å². The lowest BCUT2D eigenvalue weighted by Gasteiger charge is -2.27. The van der Waals surface area contributed by atoms with Crippen LogP contribution in [0.3, 0.4) is 0 Å². The fourth-order valence-electron chi connectivity index (χ4n) is 1.95. The smallest absolute Gasteiger partial charge is 0.133 e. The van der Waals surface area contributed by atoms with Crippen molar-refractivity contribution in [2.45, 2.75) is 6.54 Å². The molecule has 1 aliphatic heterocycles. The zero-order chi connectivity index (χ0) is 11.4. The number of ether oxygens (including phenoxy) is 1. The third kappa shape index (κ3) is 2.75. The summed E-state index contributed by atoms with van der Waals surface area (Å²) in [4.78, 5) is 2.45. The third-order valence-corrected chi connectivity index (χ3v) is 3.77. The predicted molar refractivity (Wildman–Crippen MR) is 68.8 cm³/mol. The molecule has 3 nitrogen and oxygen atoms in total. The summed E-state index contributed by atoms with van der Waals surface area (Å²) in [5.41, 5.74) is 1.29. The Kier molecular flexibility index (Phi) is 4.21. The Morgan fingerprint density at radius 3 is 2.81 bits per heavy atom. The van der Waals surface area contributed by atoms with Crippen LogP contribution in [-0.4, -0.2) is 38.2 Å². The summed E-state index contributed by atoms with van der Waals surface area (Å²) >= 11 is 3.60. The van der Waals surface area contributed by atoms with Crippen LogP contribution >= 0.6 is 15.9 Å². The van der Waals surface area contributed by atoms with Gasteiger partial charge in [0.15, 0.2) is 0 Å². The van der Waals surface area contributed by atoms with Gasteiger partial charge in [0.05, 0.1) is 11.6 Å². The molecule has 88 valence electrons. The maximum atomic E-state index is 5.30. The van der Waals surface area contributed by atoms with Crippen LogP contribution in [0.2, 0.25) is 0 Å². The van der Waals surface area contributed by atoms with E-state index >= 15 is 0 Å². The largest absolute Gasteiger partial charge is 0.496 e. The summed E-state index contributed by atoms with van der Waals surface area (Å²) in [7, 11) is 1.70. The highest BCUT2D eigenvalue weighted by Gasteiger charge is 2.13. The number of benzene rings is 1. The minimum absolute atomic E-state index is 0.910. The lowest BCUT2D eigenvalue weighted by Crippen LogP contribution is -2.42. The Labute approximate surface area is 105 Å². The van der Waals surface area contributed by atoms with Crippen molar-refractivity contribution in [1.29, 1.82) is 0 Å². The first-order valence-corrected chi connectivity index (χ1v) is 6.35. The van der Waals surface area contributed by atoms with Crippen molar-refractivity contribution in [2.75, 3.05) is 33.3 Å². The number of rotatable bonds is 3. The molecule has 4 heteroatoms. The second-order valence-electron chi connectivity index (χ2n) is 3.96. The number of nitrogens with one attached hydrogen (secondary N) is 1. The maximum Gasteiger partial charge on any atom is 0.133 e. The summed E-state index contributed by atoms with van der Waals surface area (Å²) in [6.07, 6.45) is 0. The van der Waals surface area contributed by atoms with Gasteiger partial charge in [-0.15, -0.1) is 0 Å². The molecule has 0 spiro atoms. The van der Waals surface area contributed by atoms with Gasteiger partial charge in [-0.3, -0.25) is 4.90 Å². The van der Waals surface area contributed by atoms with Crippen LogP contribution in [-0.2, 0) is 6.54 Å². The summed E-state index contributed by atoms with van der Waals surface area (Å²) < 4.78 is 6.38. The van der Waals surface area contributed by atoms with E-state index in [9.17, 15) is 0 Å². The fraction of sp³-hybridized carbons (Fsp3) is 0.500. The molecule has 0 amide bonds. The van der Waals surface area contributed by atoms with Crippen molar-refractivity contribution < 1.29 is 4.74 Å². The van der Waals surface area contributed by atoms with E-state index in [2.05, 4.69) is 32.2 Å². The third-order valence-electron chi connectivity index (χ3n) is 2.87. The van der Waals surface area contributed by atoms with Gasteiger partial charge >= 0.3 is 0 Å². The van der Waals surface area contributed by atoms with Gasteiger partial charge < -0.3 is 10.1 Å². The first-order chi connectivity index (χ1) is 7.81. The second-order valence-corrected chi connectivity index (χ2v) is 4.75. The Hall–Kier alpha value is -0.580. The van der Waals surface area contributed by atoms with E-state index < -0.39 is 0 Å². The van der Waals surface area contributed by atoms with Gasteiger partial charge in [-0.1, -0.05) is 12.1 Å². The quantitative estimate of drug-likeness (QED) is 0.917. The Morgan fingerprint density at radius 2 is 2.12 bits per heavy atom. The highest BCUT2D eigenvalue weighted by molar-refractivity contribution is 9.10. The van der Waals surface area contributed by atoms with Gasteiger partial charge in [-0.25, -0.2) is 0 Å². The van der Waals surface area contributed by atoms with Crippen molar-refractivity contribution in [3.05, 3.63) is 28.2 Å². The minimum atomic E-state index is 0.910. The van der Waals surface area contributed by atoms with Crippen molar-refractivity contribution in [3.8, 4) is 5.75 Å². The normalized spacial score (nSPS) is 17.4. The number of nitrogens with zero attached hydrogens (tertiary/aromatic N) is 1. The molecule has 0 aliphatic carbocycles. The van der Waals surface area contributed by atoms with E-state index in [4.69, 9.17) is 4.74 Å². The second kappa shape index (κ2) is 5.66. The lowest BCUT2D eigenvalue weighted by molar-refractivity contribution is 0.232. The number of methoxy groups -OCH3 is 1. The zero-order valence-electron chi connectivity index (χ0n) is 9.50. The number of piperazine rings is 1. The van der Waals surface area contributed by atoms with Crippen molar-refractivity contribution in [1.82, 2.24) is 10.2 Å². The molecular weight excluding hydrogens is 268 g/mol. The van der Waals surface area contributed by atoms with Gasteiger partial charge in [0, 0.05) is 32.7 Å². The first kappa shape index (κ1) is 11.9. The topological polar surface area (TPSA) is 24.5 Å². The number of hydrogen-bond donors (Lipinski definition) is 1. The van der Waals surface area contributed by atoms with Gasteiger partial charge in [0.1, 0.15) is 5.75 Å². The Bertz CT molecular complexity index is 351. The van der Waals surface area contributed by atoms with Crippen LogP contribution in [0, 0.1) is 0 Å². The van der Waals surface area contributed by atoms with Crippen LogP contribution in [0.1, 0.15) is 5.56 Å². The van der Waals surface area contributed by atoms with Crippen LogP contribution in [0.25, 0.3) is 0 Å². The molecule has 1 aliphatic rings. The molecule has 0 aromatic heterocycles. The van der Waals surface area contributed by atoms with Crippen LogP contribution in [0.5, 0.6) is 5.75 Å². The minimum Gasteiger partial charge on any atom is -0.496 e. The van der Waals surface area contributed by atoms with E-state index in [1.165, 1.54) is 5.56 Å². The molecule has 0 unspecified atom stereocenters. The Balaban J connectivity index is 2.08. The molecule has 2 rings (SSSR count). The molecule has 1 aromatic carbocycles. The molecule has 1 N–H and O–H groups in total. The molecular formula is C12H17BrN2O. The number of halogens is 1. The van der Waals surface area contributed by atoms with Crippen molar-refractivity contribution in [3.63, 3.8) is 0 Å². The molecule has 0 radical (unpaired) electrons. The van der Waals surface area contributed by atoms with Gasteiger partial charge in [-0.2, -0.15) is 0 Å². The summed E-state index contributed by atoms with van der Waals surface area (Å²) in [6.45, 7) is 5.38. The van der Waals surface area contributed by atoms with Gasteiger partial charge in [0.25, 0.3) is 0 Å². The average molecular weight is 285 g/mol. The molecule has 0 saturated carbocycles. The van der Waals surface area contributed by atoms with Crippen molar-refractivity contribution >= 4 is 15.9 Å². The molecule has 1 saturated heterocycles. The molecule has 16 heavy (non-hydrogen) atoms. The highest BCUT2D eigenvalue weighted by atomic mass is 79.9. The number of hydrogen-bond acceptors (Lipinski definition) is 3. The molecule has 0 bridgehead atoms. The molecule has 1 heterocycles. The zero-order valence-corrected chi connectivity index (χ0v) is 11.1. The van der Waals surface area contributed by atoms with E-state index in [1.807, 2.05) is 12.1 Å². The van der Waals surface area contributed by atoms with E-state index in [1.54, 1.807) is 7.11 Å². The van der Waals surface area contributed by atoms with E-state index in [-0.39, 0.29) is 0 Å². The molecule has 0 atom stereocenters. The average Bonchev–Trinajstić information content (AvgIpc) is 2.33. The predicted octanol–water partition coefficient (Wildman–Crippen LogP) is 1.86. The van der Waals surface area contributed by atoms with Crippen LogP contribution in [0.4, 0.5) is 0 Å². The molecule has 1 fully saturated rings. The highest BCUT2D eigenvalue weighted by Crippen LogP contribution is 2.29. The van der Waals surface area contributed by atoms with Crippen molar-refractivity contribution in [2.24, 2.45) is 0 Å². The fourth-order valence-corrected chi connectivity index (χ4v) is 2.50. The summed E-state index contributed by atoms with van der Waals surface area (Å²) in [5, 5.41) is 3.36. The van der Waals surface area contributed by atoms with E-state index in [0.29, 0.717) is 0 Å². The van der Waals surface area contributed by atoms with Gasteiger partial charge in [0.2, 0.25) is 0 Å². The van der Waals surface area contributed by atoms with Crippen LogP contribution in [0.15, 0.2) is 22.7 Å². The van der Waals surface area contributed by atoms with Gasteiger partial charge in [-0.05, 0) is 27.6 Å².